The number of halogens is 1. The number of hydrogen-bond acceptors (Lipinski definition) is 2. The summed E-state index contributed by atoms with van der Waals surface area (Å²) in [7, 11) is 1.75. The minimum atomic E-state index is 0.712. The van der Waals surface area contributed by atoms with Crippen LogP contribution in [0, 0.1) is 0 Å². The number of methoxy groups -OCH3 is 1. The quantitative estimate of drug-likeness (QED) is 0.644. The first-order valence-corrected chi connectivity index (χ1v) is 4.60. The molecular formula is C7H14BrNO. The molecule has 0 spiro atoms. The highest BCUT2D eigenvalue weighted by Crippen LogP contribution is 2.15. The SMILES string of the molecule is COCCN1CCC(Br)C1. The van der Waals surface area contributed by atoms with Crippen molar-refractivity contribution >= 4 is 15.9 Å². The van der Waals surface area contributed by atoms with Crippen molar-refractivity contribution in [1.29, 1.82) is 0 Å². The zero-order valence-corrected chi connectivity index (χ0v) is 7.93. The maximum atomic E-state index is 4.98. The van der Waals surface area contributed by atoms with Crippen molar-refractivity contribution in [2.75, 3.05) is 33.4 Å². The Hall–Kier alpha value is 0.400. The van der Waals surface area contributed by atoms with E-state index >= 15 is 0 Å². The van der Waals surface area contributed by atoms with Crippen LogP contribution in [0.3, 0.4) is 0 Å². The van der Waals surface area contributed by atoms with Gasteiger partial charge in [0.25, 0.3) is 0 Å². The van der Waals surface area contributed by atoms with E-state index < -0.39 is 0 Å². The Bertz CT molecular complexity index is 99.6. The lowest BCUT2D eigenvalue weighted by Gasteiger charge is -2.13. The fourth-order valence-electron chi connectivity index (χ4n) is 1.21. The van der Waals surface area contributed by atoms with E-state index in [-0.39, 0.29) is 0 Å². The van der Waals surface area contributed by atoms with Crippen molar-refractivity contribution < 1.29 is 4.74 Å². The van der Waals surface area contributed by atoms with Gasteiger partial charge in [0, 0.05) is 25.0 Å². The van der Waals surface area contributed by atoms with E-state index in [0.717, 1.165) is 13.2 Å². The van der Waals surface area contributed by atoms with Crippen molar-refractivity contribution in [2.45, 2.75) is 11.2 Å². The highest BCUT2D eigenvalue weighted by molar-refractivity contribution is 9.09. The molecule has 0 aromatic rings. The zero-order chi connectivity index (χ0) is 7.40. The van der Waals surface area contributed by atoms with Crippen molar-refractivity contribution in [3.63, 3.8) is 0 Å². The molecule has 0 bridgehead atoms. The molecule has 0 radical (unpaired) electrons. The summed E-state index contributed by atoms with van der Waals surface area (Å²) in [6, 6.07) is 0. The molecule has 1 aliphatic rings. The van der Waals surface area contributed by atoms with Gasteiger partial charge in [0.2, 0.25) is 0 Å². The predicted octanol–water partition coefficient (Wildman–Crippen LogP) is 1.10. The van der Waals surface area contributed by atoms with Gasteiger partial charge in [-0.3, -0.25) is 4.90 Å². The van der Waals surface area contributed by atoms with E-state index in [4.69, 9.17) is 4.74 Å². The van der Waals surface area contributed by atoms with Crippen LogP contribution in [0.4, 0.5) is 0 Å². The summed E-state index contributed by atoms with van der Waals surface area (Å²) in [5.41, 5.74) is 0. The van der Waals surface area contributed by atoms with E-state index in [9.17, 15) is 0 Å². The third-order valence-corrected chi connectivity index (χ3v) is 2.57. The van der Waals surface area contributed by atoms with E-state index in [0.29, 0.717) is 4.83 Å². The van der Waals surface area contributed by atoms with Crippen LogP contribution in [-0.2, 0) is 4.74 Å². The van der Waals surface area contributed by atoms with Crippen molar-refractivity contribution in [3.8, 4) is 0 Å². The van der Waals surface area contributed by atoms with Gasteiger partial charge in [0.15, 0.2) is 0 Å². The molecule has 1 saturated heterocycles. The predicted molar refractivity (Wildman–Crippen MR) is 45.6 cm³/mol. The van der Waals surface area contributed by atoms with Gasteiger partial charge in [0.05, 0.1) is 6.61 Å². The van der Waals surface area contributed by atoms with E-state index in [2.05, 4.69) is 20.8 Å². The normalized spacial score (nSPS) is 27.6. The third-order valence-electron chi connectivity index (χ3n) is 1.83. The molecule has 1 heterocycles. The van der Waals surface area contributed by atoms with Crippen LogP contribution in [0.1, 0.15) is 6.42 Å². The zero-order valence-electron chi connectivity index (χ0n) is 6.35. The van der Waals surface area contributed by atoms with Gasteiger partial charge in [-0.1, -0.05) is 15.9 Å². The second kappa shape index (κ2) is 4.31. The van der Waals surface area contributed by atoms with Crippen LogP contribution < -0.4 is 0 Å². The Labute approximate surface area is 70.7 Å². The van der Waals surface area contributed by atoms with Crippen LogP contribution in [0.2, 0.25) is 0 Å². The molecule has 0 N–H and O–H groups in total. The lowest BCUT2D eigenvalue weighted by molar-refractivity contribution is 0.161. The highest BCUT2D eigenvalue weighted by atomic mass is 79.9. The summed E-state index contributed by atoms with van der Waals surface area (Å²) in [6.45, 7) is 4.35. The maximum absolute atomic E-state index is 4.98. The average molecular weight is 208 g/mol. The molecule has 0 aromatic heterocycles. The van der Waals surface area contributed by atoms with Crippen LogP contribution in [-0.4, -0.2) is 43.1 Å². The van der Waals surface area contributed by atoms with Crippen LogP contribution >= 0.6 is 15.9 Å². The molecule has 0 amide bonds. The molecular weight excluding hydrogens is 194 g/mol. The van der Waals surface area contributed by atoms with Crippen molar-refractivity contribution in [3.05, 3.63) is 0 Å². The van der Waals surface area contributed by atoms with Gasteiger partial charge in [-0.2, -0.15) is 0 Å². The van der Waals surface area contributed by atoms with E-state index in [1.54, 1.807) is 7.11 Å². The van der Waals surface area contributed by atoms with Crippen LogP contribution in [0.25, 0.3) is 0 Å². The Morgan fingerprint density at radius 3 is 3.00 bits per heavy atom. The molecule has 1 unspecified atom stereocenters. The summed E-state index contributed by atoms with van der Waals surface area (Å²) >= 11 is 3.59. The first-order chi connectivity index (χ1) is 4.83. The topological polar surface area (TPSA) is 12.5 Å². The minimum Gasteiger partial charge on any atom is -0.383 e. The third kappa shape index (κ3) is 2.56. The molecule has 2 nitrogen and oxygen atoms in total. The van der Waals surface area contributed by atoms with Gasteiger partial charge in [-0.05, 0) is 13.0 Å². The summed E-state index contributed by atoms with van der Waals surface area (Å²) < 4.78 is 4.98. The number of alkyl halides is 1. The standard InChI is InChI=1S/C7H14BrNO/c1-10-5-4-9-3-2-7(8)6-9/h7H,2-6H2,1H3. The molecule has 1 aliphatic heterocycles. The fourth-order valence-corrected chi connectivity index (χ4v) is 1.82. The first-order valence-electron chi connectivity index (χ1n) is 3.68. The van der Waals surface area contributed by atoms with Gasteiger partial charge in [-0.15, -0.1) is 0 Å². The number of ether oxygens (including phenoxy) is 1. The molecule has 0 saturated carbocycles. The van der Waals surface area contributed by atoms with Gasteiger partial charge in [0.1, 0.15) is 0 Å². The van der Waals surface area contributed by atoms with Crippen molar-refractivity contribution in [1.82, 2.24) is 4.90 Å². The number of likely N-dealkylation sites (tertiary alicyclic amines) is 1. The largest absolute Gasteiger partial charge is 0.383 e. The maximum Gasteiger partial charge on any atom is 0.0589 e. The summed E-state index contributed by atoms with van der Waals surface area (Å²) in [5.74, 6) is 0. The summed E-state index contributed by atoms with van der Waals surface area (Å²) in [5, 5.41) is 0. The molecule has 1 fully saturated rings. The molecule has 1 rings (SSSR count). The molecule has 60 valence electrons. The number of hydrogen-bond donors (Lipinski definition) is 0. The molecule has 1 atom stereocenters. The van der Waals surface area contributed by atoms with Gasteiger partial charge < -0.3 is 4.74 Å². The van der Waals surface area contributed by atoms with Crippen LogP contribution in [0.5, 0.6) is 0 Å². The monoisotopic (exact) mass is 207 g/mol. The second-order valence-corrected chi connectivity index (χ2v) is 3.97. The number of nitrogens with zero attached hydrogens (tertiary/aromatic N) is 1. The lowest BCUT2D eigenvalue weighted by Crippen LogP contribution is -2.24. The molecule has 0 aromatic carbocycles. The highest BCUT2D eigenvalue weighted by Gasteiger charge is 2.18. The molecule has 3 heteroatoms. The Morgan fingerprint density at radius 1 is 1.70 bits per heavy atom. The van der Waals surface area contributed by atoms with E-state index in [1.165, 1.54) is 19.5 Å². The smallest absolute Gasteiger partial charge is 0.0589 e. The Balaban J connectivity index is 2.06. The average Bonchev–Trinajstić information content (AvgIpc) is 2.31. The van der Waals surface area contributed by atoms with Crippen molar-refractivity contribution in [2.24, 2.45) is 0 Å². The lowest BCUT2D eigenvalue weighted by atomic mass is 10.4. The minimum absolute atomic E-state index is 0.712. The van der Waals surface area contributed by atoms with E-state index in [1.807, 2.05) is 0 Å². The summed E-state index contributed by atoms with van der Waals surface area (Å²) in [4.78, 5) is 3.13. The van der Waals surface area contributed by atoms with Gasteiger partial charge >= 0.3 is 0 Å². The first kappa shape index (κ1) is 8.50. The van der Waals surface area contributed by atoms with Crippen LogP contribution in [0.15, 0.2) is 0 Å². The second-order valence-electron chi connectivity index (χ2n) is 2.68. The Morgan fingerprint density at radius 2 is 2.50 bits per heavy atom. The molecule has 0 aliphatic carbocycles. The fraction of sp³-hybridized carbons (Fsp3) is 1.00. The summed E-state index contributed by atoms with van der Waals surface area (Å²) in [6.07, 6.45) is 1.28. The number of rotatable bonds is 3. The molecule has 10 heavy (non-hydrogen) atoms. The Kier molecular flexibility index (Phi) is 3.66. The van der Waals surface area contributed by atoms with Gasteiger partial charge in [-0.25, -0.2) is 0 Å².